The SMILES string of the molecule is CC(C)C(NC(=O)c1ccc(Cl)cc1)C(=O)NCCCN1CCOCC1. The number of halogens is 1. The second-order valence-corrected chi connectivity index (χ2v) is 7.24. The van der Waals surface area contributed by atoms with Crippen LogP contribution in [0.2, 0.25) is 5.02 Å². The Morgan fingerprint density at radius 2 is 1.85 bits per heavy atom. The van der Waals surface area contributed by atoms with E-state index in [0.717, 1.165) is 39.3 Å². The second kappa shape index (κ2) is 10.5. The van der Waals surface area contributed by atoms with Gasteiger partial charge in [-0.15, -0.1) is 0 Å². The molecule has 1 aliphatic rings. The van der Waals surface area contributed by atoms with E-state index < -0.39 is 6.04 Å². The van der Waals surface area contributed by atoms with Crippen molar-refractivity contribution in [2.45, 2.75) is 26.3 Å². The number of ether oxygens (including phenoxy) is 1. The van der Waals surface area contributed by atoms with Crippen molar-refractivity contribution in [2.24, 2.45) is 5.92 Å². The number of carbonyl (C=O) groups is 2. The minimum Gasteiger partial charge on any atom is -0.379 e. The maximum atomic E-state index is 12.5. The Morgan fingerprint density at radius 1 is 1.19 bits per heavy atom. The fourth-order valence-corrected chi connectivity index (χ4v) is 2.94. The largest absolute Gasteiger partial charge is 0.379 e. The Hall–Kier alpha value is -1.63. The van der Waals surface area contributed by atoms with Gasteiger partial charge in [-0.25, -0.2) is 0 Å². The molecule has 26 heavy (non-hydrogen) atoms. The first-order chi connectivity index (χ1) is 12.5. The van der Waals surface area contributed by atoms with Crippen LogP contribution in [0.3, 0.4) is 0 Å². The van der Waals surface area contributed by atoms with E-state index in [4.69, 9.17) is 16.3 Å². The highest BCUT2D eigenvalue weighted by Gasteiger charge is 2.24. The van der Waals surface area contributed by atoms with E-state index in [1.54, 1.807) is 24.3 Å². The molecule has 0 saturated carbocycles. The van der Waals surface area contributed by atoms with Crippen molar-refractivity contribution >= 4 is 23.4 Å². The smallest absolute Gasteiger partial charge is 0.251 e. The van der Waals surface area contributed by atoms with Gasteiger partial charge >= 0.3 is 0 Å². The van der Waals surface area contributed by atoms with Gasteiger partial charge in [0.1, 0.15) is 6.04 Å². The molecule has 1 fully saturated rings. The molecule has 1 heterocycles. The lowest BCUT2D eigenvalue weighted by Gasteiger charge is -2.26. The molecule has 2 N–H and O–H groups in total. The number of nitrogens with one attached hydrogen (secondary N) is 2. The van der Waals surface area contributed by atoms with Crippen molar-refractivity contribution in [3.63, 3.8) is 0 Å². The van der Waals surface area contributed by atoms with E-state index in [-0.39, 0.29) is 17.7 Å². The van der Waals surface area contributed by atoms with Crippen LogP contribution >= 0.6 is 11.6 Å². The summed E-state index contributed by atoms with van der Waals surface area (Å²) < 4.78 is 5.32. The lowest BCUT2D eigenvalue weighted by molar-refractivity contribution is -0.123. The van der Waals surface area contributed by atoms with E-state index in [2.05, 4.69) is 15.5 Å². The zero-order chi connectivity index (χ0) is 18.9. The third-order valence-corrected chi connectivity index (χ3v) is 4.65. The first-order valence-electron chi connectivity index (χ1n) is 9.11. The molecule has 1 saturated heterocycles. The van der Waals surface area contributed by atoms with Gasteiger partial charge in [-0.2, -0.15) is 0 Å². The average molecular weight is 382 g/mol. The molecule has 1 aromatic carbocycles. The van der Waals surface area contributed by atoms with Crippen LogP contribution in [0.4, 0.5) is 0 Å². The Kier molecular flexibility index (Phi) is 8.35. The first kappa shape index (κ1) is 20.7. The monoisotopic (exact) mass is 381 g/mol. The predicted octanol–water partition coefficient (Wildman–Crippen LogP) is 1.93. The van der Waals surface area contributed by atoms with Crippen molar-refractivity contribution in [1.29, 1.82) is 0 Å². The first-order valence-corrected chi connectivity index (χ1v) is 9.49. The number of hydrogen-bond acceptors (Lipinski definition) is 4. The second-order valence-electron chi connectivity index (χ2n) is 6.80. The third-order valence-electron chi connectivity index (χ3n) is 4.40. The number of nitrogens with zero attached hydrogens (tertiary/aromatic N) is 1. The van der Waals surface area contributed by atoms with Gasteiger partial charge in [0.2, 0.25) is 5.91 Å². The molecular formula is C19H28ClN3O3. The van der Waals surface area contributed by atoms with Gasteiger partial charge in [0.05, 0.1) is 13.2 Å². The van der Waals surface area contributed by atoms with Crippen LogP contribution in [0.5, 0.6) is 0 Å². The fraction of sp³-hybridized carbons (Fsp3) is 0.579. The summed E-state index contributed by atoms with van der Waals surface area (Å²) in [4.78, 5) is 27.2. The van der Waals surface area contributed by atoms with E-state index in [1.165, 1.54) is 0 Å². The minimum absolute atomic E-state index is 0.00880. The highest BCUT2D eigenvalue weighted by Crippen LogP contribution is 2.10. The summed E-state index contributed by atoms with van der Waals surface area (Å²) in [6.45, 7) is 8.81. The number of morpholine rings is 1. The van der Waals surface area contributed by atoms with E-state index in [1.807, 2.05) is 13.8 Å². The van der Waals surface area contributed by atoms with Crippen molar-refractivity contribution < 1.29 is 14.3 Å². The summed E-state index contributed by atoms with van der Waals surface area (Å²) in [5, 5.41) is 6.33. The molecule has 1 aromatic rings. The van der Waals surface area contributed by atoms with Crippen LogP contribution in [-0.2, 0) is 9.53 Å². The number of amides is 2. The summed E-state index contributed by atoms with van der Waals surface area (Å²) in [5.74, 6) is -0.432. The molecule has 0 bridgehead atoms. The van der Waals surface area contributed by atoms with Gasteiger partial charge in [0, 0.05) is 30.2 Å². The van der Waals surface area contributed by atoms with Crippen LogP contribution in [0.1, 0.15) is 30.6 Å². The van der Waals surface area contributed by atoms with Gasteiger partial charge in [-0.1, -0.05) is 25.4 Å². The van der Waals surface area contributed by atoms with Gasteiger partial charge in [-0.05, 0) is 43.1 Å². The van der Waals surface area contributed by atoms with Gasteiger partial charge in [0.25, 0.3) is 5.91 Å². The molecule has 0 radical (unpaired) electrons. The Morgan fingerprint density at radius 3 is 2.46 bits per heavy atom. The lowest BCUT2D eigenvalue weighted by Crippen LogP contribution is -2.50. The van der Waals surface area contributed by atoms with Crippen LogP contribution < -0.4 is 10.6 Å². The molecule has 0 aromatic heterocycles. The predicted molar refractivity (Wildman–Crippen MR) is 102 cm³/mol. The molecule has 0 aliphatic carbocycles. The van der Waals surface area contributed by atoms with Crippen LogP contribution in [0.25, 0.3) is 0 Å². The zero-order valence-corrected chi connectivity index (χ0v) is 16.2. The summed E-state index contributed by atoms with van der Waals surface area (Å²) >= 11 is 5.84. The number of benzene rings is 1. The molecule has 6 nitrogen and oxygen atoms in total. The molecule has 1 unspecified atom stereocenters. The summed E-state index contributed by atoms with van der Waals surface area (Å²) in [6.07, 6.45) is 0.877. The quantitative estimate of drug-likeness (QED) is 0.675. The van der Waals surface area contributed by atoms with Crippen LogP contribution in [0, 0.1) is 5.92 Å². The van der Waals surface area contributed by atoms with E-state index in [0.29, 0.717) is 17.1 Å². The van der Waals surface area contributed by atoms with Gasteiger partial charge < -0.3 is 15.4 Å². The van der Waals surface area contributed by atoms with E-state index >= 15 is 0 Å². The average Bonchev–Trinajstić information content (AvgIpc) is 2.64. The fourth-order valence-electron chi connectivity index (χ4n) is 2.81. The molecule has 2 amide bonds. The van der Waals surface area contributed by atoms with Gasteiger partial charge in [-0.3, -0.25) is 14.5 Å². The van der Waals surface area contributed by atoms with Crippen molar-refractivity contribution in [2.75, 3.05) is 39.4 Å². The topological polar surface area (TPSA) is 70.7 Å². The summed E-state index contributed by atoms with van der Waals surface area (Å²) in [5.41, 5.74) is 0.486. The van der Waals surface area contributed by atoms with E-state index in [9.17, 15) is 9.59 Å². The number of rotatable bonds is 8. The Labute approximate surface area is 160 Å². The van der Waals surface area contributed by atoms with Crippen molar-refractivity contribution in [3.8, 4) is 0 Å². The molecule has 144 valence electrons. The van der Waals surface area contributed by atoms with Crippen LogP contribution in [-0.4, -0.2) is 62.1 Å². The maximum Gasteiger partial charge on any atom is 0.251 e. The third kappa shape index (κ3) is 6.59. The number of hydrogen-bond donors (Lipinski definition) is 2. The summed E-state index contributed by atoms with van der Waals surface area (Å²) in [7, 11) is 0. The highest BCUT2D eigenvalue weighted by atomic mass is 35.5. The Bertz CT molecular complexity index is 586. The minimum atomic E-state index is -0.568. The lowest BCUT2D eigenvalue weighted by atomic mass is 10.0. The molecule has 1 aliphatic heterocycles. The van der Waals surface area contributed by atoms with Crippen LogP contribution in [0.15, 0.2) is 24.3 Å². The van der Waals surface area contributed by atoms with Crippen molar-refractivity contribution in [1.82, 2.24) is 15.5 Å². The summed E-state index contributed by atoms with van der Waals surface area (Å²) in [6, 6.07) is 6.05. The van der Waals surface area contributed by atoms with Gasteiger partial charge in [0.15, 0.2) is 0 Å². The normalized spacial score (nSPS) is 16.3. The molecule has 2 rings (SSSR count). The van der Waals surface area contributed by atoms with Crippen molar-refractivity contribution in [3.05, 3.63) is 34.9 Å². The standard InChI is InChI=1S/C19H28ClN3O3/c1-14(2)17(22-18(24)15-4-6-16(20)7-5-15)19(25)21-8-3-9-23-10-12-26-13-11-23/h4-7,14,17H,3,8-13H2,1-2H3,(H,21,25)(H,22,24). The molecular weight excluding hydrogens is 354 g/mol. The molecule has 1 atom stereocenters. The zero-order valence-electron chi connectivity index (χ0n) is 15.5. The Balaban J connectivity index is 1.78. The number of carbonyl (C=O) groups excluding carboxylic acids is 2. The molecule has 7 heteroatoms. The highest BCUT2D eigenvalue weighted by molar-refractivity contribution is 6.30. The maximum absolute atomic E-state index is 12.5. The molecule has 0 spiro atoms.